The molecule has 168 valence electrons. The molecule has 0 saturated heterocycles. The van der Waals surface area contributed by atoms with E-state index in [-0.39, 0.29) is 24.5 Å². The molecule has 0 aromatic carbocycles. The van der Waals surface area contributed by atoms with Crippen molar-refractivity contribution in [2.24, 2.45) is 5.73 Å². The van der Waals surface area contributed by atoms with Crippen LogP contribution in [0.2, 0.25) is 0 Å². The Morgan fingerprint density at radius 2 is 1.87 bits per heavy atom. The molecule has 0 radical (unpaired) electrons. The first kappa shape index (κ1) is 23.2. The number of hydrogen-bond acceptors (Lipinski definition) is 6. The zero-order valence-electron chi connectivity index (χ0n) is 17.5. The Kier molecular flexibility index (Phi) is 6.97. The number of nitrogens with two attached hydrogens (primary N) is 1. The molecule has 2 aromatic heterocycles. The SMILES string of the molecule is CCN(CC)S(=O)(=O)c1ccc(=O)n(CC(=O)Nc2sc3c(c2C(N)=O)CCCC3)c1. The molecule has 3 rings (SSSR count). The summed E-state index contributed by atoms with van der Waals surface area (Å²) in [4.78, 5) is 37.8. The van der Waals surface area contributed by atoms with Gasteiger partial charge in [0.05, 0.1) is 10.5 Å². The summed E-state index contributed by atoms with van der Waals surface area (Å²) in [7, 11) is -3.77. The minimum Gasteiger partial charge on any atom is -0.365 e. The molecule has 31 heavy (non-hydrogen) atoms. The molecule has 3 N–H and O–H groups in total. The number of nitrogens with zero attached hydrogens (tertiary/aromatic N) is 2. The van der Waals surface area contributed by atoms with E-state index in [1.54, 1.807) is 13.8 Å². The monoisotopic (exact) mass is 466 g/mol. The number of rotatable bonds is 8. The van der Waals surface area contributed by atoms with Gasteiger partial charge in [-0.05, 0) is 37.3 Å². The Morgan fingerprint density at radius 1 is 1.19 bits per heavy atom. The van der Waals surface area contributed by atoms with Crippen molar-refractivity contribution in [3.05, 3.63) is 44.7 Å². The van der Waals surface area contributed by atoms with E-state index in [0.29, 0.717) is 10.6 Å². The fourth-order valence-electron chi connectivity index (χ4n) is 3.73. The molecule has 0 unspecified atom stereocenters. The number of aromatic nitrogens is 1. The van der Waals surface area contributed by atoms with Crippen LogP contribution in [0.1, 0.15) is 47.5 Å². The summed E-state index contributed by atoms with van der Waals surface area (Å²) in [6.07, 6.45) is 4.72. The molecular weight excluding hydrogens is 440 g/mol. The van der Waals surface area contributed by atoms with Crippen molar-refractivity contribution >= 4 is 38.2 Å². The fraction of sp³-hybridized carbons (Fsp3) is 0.450. The van der Waals surface area contributed by atoms with Crippen LogP contribution < -0.4 is 16.6 Å². The standard InChI is InChI=1S/C20H26N4O5S2/c1-3-24(4-2)31(28,29)13-9-10-17(26)23(11-13)12-16(25)22-20-18(19(21)27)14-7-5-6-8-15(14)30-20/h9-11H,3-8,12H2,1-2H3,(H2,21,27)(H,22,25). The normalized spacial score (nSPS) is 13.8. The summed E-state index contributed by atoms with van der Waals surface area (Å²) in [6.45, 7) is 3.64. The minimum absolute atomic E-state index is 0.0620. The number of pyridine rings is 1. The number of thiophene rings is 1. The predicted octanol–water partition coefficient (Wildman–Crippen LogP) is 1.56. The first-order valence-corrected chi connectivity index (χ1v) is 12.4. The van der Waals surface area contributed by atoms with Crippen LogP contribution in [-0.4, -0.2) is 42.2 Å². The second-order valence-electron chi connectivity index (χ2n) is 7.25. The largest absolute Gasteiger partial charge is 0.365 e. The van der Waals surface area contributed by atoms with Gasteiger partial charge in [0.15, 0.2) is 0 Å². The number of primary amides is 1. The van der Waals surface area contributed by atoms with E-state index in [0.717, 1.165) is 46.8 Å². The Morgan fingerprint density at radius 3 is 2.52 bits per heavy atom. The van der Waals surface area contributed by atoms with E-state index < -0.39 is 27.4 Å². The van der Waals surface area contributed by atoms with E-state index >= 15 is 0 Å². The first-order valence-electron chi connectivity index (χ1n) is 10.1. The van der Waals surface area contributed by atoms with E-state index in [1.807, 2.05) is 0 Å². The number of hydrogen-bond donors (Lipinski definition) is 2. The van der Waals surface area contributed by atoms with Crippen molar-refractivity contribution in [2.45, 2.75) is 51.0 Å². The molecule has 11 heteroatoms. The maximum Gasteiger partial charge on any atom is 0.251 e. The fourth-order valence-corrected chi connectivity index (χ4v) is 6.52. The third-order valence-electron chi connectivity index (χ3n) is 5.28. The molecule has 0 saturated carbocycles. The predicted molar refractivity (Wildman–Crippen MR) is 119 cm³/mol. The molecule has 0 fully saturated rings. The molecule has 1 aliphatic carbocycles. The maximum atomic E-state index is 12.7. The highest BCUT2D eigenvalue weighted by molar-refractivity contribution is 7.89. The van der Waals surface area contributed by atoms with Gasteiger partial charge in [0.25, 0.3) is 11.5 Å². The summed E-state index contributed by atoms with van der Waals surface area (Å²) in [5, 5.41) is 3.07. The molecule has 0 bridgehead atoms. The van der Waals surface area contributed by atoms with Crippen LogP contribution in [0.3, 0.4) is 0 Å². The van der Waals surface area contributed by atoms with Crippen molar-refractivity contribution in [3.63, 3.8) is 0 Å². The lowest BCUT2D eigenvalue weighted by atomic mass is 9.95. The average Bonchev–Trinajstić information content (AvgIpc) is 3.08. The smallest absolute Gasteiger partial charge is 0.251 e. The quantitative estimate of drug-likeness (QED) is 0.609. The van der Waals surface area contributed by atoms with Gasteiger partial charge in [-0.25, -0.2) is 8.42 Å². The van der Waals surface area contributed by atoms with Crippen molar-refractivity contribution in [1.82, 2.24) is 8.87 Å². The summed E-state index contributed by atoms with van der Waals surface area (Å²) >= 11 is 1.33. The third-order valence-corrected chi connectivity index (χ3v) is 8.52. The number of amides is 2. The van der Waals surface area contributed by atoms with Gasteiger partial charge in [-0.15, -0.1) is 11.3 Å². The van der Waals surface area contributed by atoms with Crippen LogP contribution in [0, 0.1) is 0 Å². The van der Waals surface area contributed by atoms with Gasteiger partial charge in [-0.1, -0.05) is 13.8 Å². The molecule has 2 amide bonds. The Balaban J connectivity index is 1.86. The second kappa shape index (κ2) is 9.33. The van der Waals surface area contributed by atoms with Crippen LogP contribution in [0.15, 0.2) is 28.0 Å². The number of carbonyl (C=O) groups excluding carboxylic acids is 2. The average molecular weight is 467 g/mol. The van der Waals surface area contributed by atoms with Gasteiger partial charge >= 0.3 is 0 Å². The summed E-state index contributed by atoms with van der Waals surface area (Å²) < 4.78 is 27.8. The topological polar surface area (TPSA) is 132 Å². The van der Waals surface area contributed by atoms with E-state index in [2.05, 4.69) is 5.32 Å². The molecule has 0 aliphatic heterocycles. The summed E-state index contributed by atoms with van der Waals surface area (Å²) in [5.41, 5.74) is 6.27. The lowest BCUT2D eigenvalue weighted by Crippen LogP contribution is -2.33. The van der Waals surface area contributed by atoms with Crippen LogP contribution in [-0.2, 0) is 34.2 Å². The van der Waals surface area contributed by atoms with Gasteiger partial charge in [0.1, 0.15) is 11.5 Å². The number of carbonyl (C=O) groups is 2. The number of fused-ring (bicyclic) bond motifs is 1. The van der Waals surface area contributed by atoms with Gasteiger partial charge in [-0.2, -0.15) is 4.31 Å². The molecule has 9 nitrogen and oxygen atoms in total. The minimum atomic E-state index is -3.77. The van der Waals surface area contributed by atoms with Crippen LogP contribution in [0.4, 0.5) is 5.00 Å². The Hall–Kier alpha value is -2.50. The van der Waals surface area contributed by atoms with Crippen molar-refractivity contribution in [1.29, 1.82) is 0 Å². The molecular formula is C20H26N4O5S2. The zero-order valence-corrected chi connectivity index (χ0v) is 19.1. The molecule has 0 atom stereocenters. The number of nitrogens with one attached hydrogen (secondary N) is 1. The Bertz CT molecular complexity index is 1160. The van der Waals surface area contributed by atoms with E-state index in [4.69, 9.17) is 5.73 Å². The molecule has 1 aliphatic rings. The first-order chi connectivity index (χ1) is 14.7. The van der Waals surface area contributed by atoms with Crippen molar-refractivity contribution in [3.8, 4) is 0 Å². The van der Waals surface area contributed by atoms with Gasteiger partial charge in [-0.3, -0.25) is 14.4 Å². The van der Waals surface area contributed by atoms with E-state index in [9.17, 15) is 22.8 Å². The highest BCUT2D eigenvalue weighted by atomic mass is 32.2. The van der Waals surface area contributed by atoms with E-state index in [1.165, 1.54) is 27.9 Å². The van der Waals surface area contributed by atoms with Gasteiger partial charge in [0, 0.05) is 30.2 Å². The Labute approximate surface area is 184 Å². The number of aryl methyl sites for hydroxylation is 1. The van der Waals surface area contributed by atoms with Crippen LogP contribution in [0.25, 0.3) is 0 Å². The molecule has 2 heterocycles. The van der Waals surface area contributed by atoms with Crippen molar-refractivity contribution < 1.29 is 18.0 Å². The zero-order chi connectivity index (χ0) is 22.8. The maximum absolute atomic E-state index is 12.7. The van der Waals surface area contributed by atoms with Crippen LogP contribution >= 0.6 is 11.3 Å². The van der Waals surface area contributed by atoms with Crippen LogP contribution in [0.5, 0.6) is 0 Å². The lowest BCUT2D eigenvalue weighted by molar-refractivity contribution is -0.116. The second-order valence-corrected chi connectivity index (χ2v) is 10.3. The molecule has 2 aromatic rings. The third kappa shape index (κ3) is 4.73. The summed E-state index contributed by atoms with van der Waals surface area (Å²) in [5.74, 6) is -1.14. The lowest BCUT2D eigenvalue weighted by Gasteiger charge is -2.19. The van der Waals surface area contributed by atoms with Crippen molar-refractivity contribution in [2.75, 3.05) is 18.4 Å². The van der Waals surface area contributed by atoms with Gasteiger partial charge < -0.3 is 15.6 Å². The molecule has 0 spiro atoms. The van der Waals surface area contributed by atoms with Gasteiger partial charge in [0.2, 0.25) is 15.9 Å². The highest BCUT2D eigenvalue weighted by Crippen LogP contribution is 2.37. The number of anilines is 1. The summed E-state index contributed by atoms with van der Waals surface area (Å²) in [6, 6.07) is 2.37. The number of sulfonamides is 1. The highest BCUT2D eigenvalue weighted by Gasteiger charge is 2.26.